The van der Waals surface area contributed by atoms with Crippen molar-refractivity contribution in [2.24, 2.45) is 10.7 Å². The van der Waals surface area contributed by atoms with E-state index in [0.717, 1.165) is 5.56 Å². The van der Waals surface area contributed by atoms with E-state index < -0.39 is 0 Å². The summed E-state index contributed by atoms with van der Waals surface area (Å²) in [5.74, 6) is 0.313. The largest absolute Gasteiger partial charge is 0.370 e. The molecule has 0 aliphatic carbocycles. The van der Waals surface area contributed by atoms with Crippen molar-refractivity contribution in [2.75, 3.05) is 7.05 Å². The van der Waals surface area contributed by atoms with Crippen molar-refractivity contribution in [3.05, 3.63) is 46.1 Å². The third-order valence-corrected chi connectivity index (χ3v) is 2.71. The summed E-state index contributed by atoms with van der Waals surface area (Å²) < 4.78 is 0. The smallest absolute Gasteiger partial charge is 0.192 e. The van der Waals surface area contributed by atoms with Gasteiger partial charge in [0.15, 0.2) is 5.96 Å². The van der Waals surface area contributed by atoms with Crippen LogP contribution in [0.15, 0.2) is 35.5 Å². The molecule has 5 heteroatoms. The Morgan fingerprint density at radius 3 is 2.28 bits per heavy atom. The normalized spacial score (nSPS) is 10.4. The first-order valence-electron chi connectivity index (χ1n) is 5.64. The van der Waals surface area contributed by atoms with E-state index in [1.807, 2.05) is 13.8 Å². The van der Waals surface area contributed by atoms with Gasteiger partial charge >= 0.3 is 0 Å². The second-order valence-corrected chi connectivity index (χ2v) is 4.03. The third-order valence-electron chi connectivity index (χ3n) is 2.00. The van der Waals surface area contributed by atoms with Crippen molar-refractivity contribution in [1.82, 2.24) is 5.32 Å². The van der Waals surface area contributed by atoms with Crippen LogP contribution in [-0.4, -0.2) is 13.0 Å². The quantitative estimate of drug-likeness (QED) is 0.659. The van der Waals surface area contributed by atoms with Gasteiger partial charge in [-0.05, 0) is 17.7 Å². The lowest BCUT2D eigenvalue weighted by molar-refractivity contribution is 1.000. The van der Waals surface area contributed by atoms with Crippen LogP contribution in [0.25, 0.3) is 0 Å². The maximum absolute atomic E-state index is 6.03. The lowest BCUT2D eigenvalue weighted by Gasteiger charge is -2.10. The highest BCUT2D eigenvalue weighted by Gasteiger charge is 2.07. The Labute approximate surface area is 119 Å². The molecule has 0 heterocycles. The molecule has 0 saturated carbocycles. The fraction of sp³-hybridized carbons (Fsp3) is 0.308. The van der Waals surface area contributed by atoms with E-state index in [0.29, 0.717) is 28.1 Å². The Kier molecular flexibility index (Phi) is 8.25. The number of nitrogens with two attached hydrogens (primary N) is 1. The van der Waals surface area contributed by atoms with Gasteiger partial charge in [0.2, 0.25) is 0 Å². The number of hydrogen-bond acceptors (Lipinski definition) is 1. The molecule has 0 aromatic heterocycles. The van der Waals surface area contributed by atoms with Crippen LogP contribution in [0.3, 0.4) is 0 Å². The molecule has 0 saturated heterocycles. The molecular formula is C13H19Cl2N3. The second kappa shape index (κ2) is 8.84. The molecule has 100 valence electrons. The Bertz CT molecular complexity index is 408. The summed E-state index contributed by atoms with van der Waals surface area (Å²) in [5, 5.41) is 4.08. The van der Waals surface area contributed by atoms with Crippen LogP contribution in [-0.2, 0) is 6.42 Å². The van der Waals surface area contributed by atoms with Gasteiger partial charge in [-0.1, -0.05) is 49.7 Å². The summed E-state index contributed by atoms with van der Waals surface area (Å²) >= 11 is 12.1. The van der Waals surface area contributed by atoms with Gasteiger partial charge in [-0.15, -0.1) is 0 Å². The van der Waals surface area contributed by atoms with Gasteiger partial charge in [-0.25, -0.2) is 0 Å². The van der Waals surface area contributed by atoms with Gasteiger partial charge in [-0.3, -0.25) is 4.99 Å². The number of guanidine groups is 1. The maximum Gasteiger partial charge on any atom is 0.192 e. The van der Waals surface area contributed by atoms with Crippen LogP contribution >= 0.6 is 23.2 Å². The average Bonchev–Trinajstić information content (AvgIpc) is 2.36. The van der Waals surface area contributed by atoms with E-state index in [9.17, 15) is 0 Å². The Balaban J connectivity index is 0.00000137. The maximum atomic E-state index is 6.03. The van der Waals surface area contributed by atoms with Crippen molar-refractivity contribution >= 4 is 29.2 Å². The number of aliphatic imine (C=N–C) groups is 1. The average molecular weight is 288 g/mol. The SMILES string of the molecule is C=C(Cc1c(Cl)cccc1Cl)NC(N)=NC.CC. The molecule has 0 atom stereocenters. The molecule has 0 fully saturated rings. The number of halogens is 2. The predicted octanol–water partition coefficient (Wildman–Crippen LogP) is 3.61. The minimum atomic E-state index is 0.313. The predicted molar refractivity (Wildman–Crippen MR) is 81.3 cm³/mol. The van der Waals surface area contributed by atoms with Crippen LogP contribution in [0.4, 0.5) is 0 Å². The van der Waals surface area contributed by atoms with Crippen molar-refractivity contribution in [2.45, 2.75) is 20.3 Å². The number of hydrogen-bond donors (Lipinski definition) is 2. The molecule has 0 aliphatic rings. The van der Waals surface area contributed by atoms with Crippen molar-refractivity contribution in [3.8, 4) is 0 Å². The van der Waals surface area contributed by atoms with E-state index in [4.69, 9.17) is 28.9 Å². The minimum Gasteiger partial charge on any atom is -0.370 e. The first-order valence-corrected chi connectivity index (χ1v) is 6.40. The molecule has 3 N–H and O–H groups in total. The molecule has 0 radical (unpaired) electrons. The summed E-state index contributed by atoms with van der Waals surface area (Å²) in [6, 6.07) is 5.37. The van der Waals surface area contributed by atoms with Gasteiger partial charge < -0.3 is 11.1 Å². The van der Waals surface area contributed by atoms with Crippen LogP contribution in [0.2, 0.25) is 10.0 Å². The molecule has 0 bridgehead atoms. The van der Waals surface area contributed by atoms with Gasteiger partial charge in [-0.2, -0.15) is 0 Å². The van der Waals surface area contributed by atoms with E-state index in [-0.39, 0.29) is 0 Å². The molecule has 3 nitrogen and oxygen atoms in total. The first kappa shape index (κ1) is 16.8. The van der Waals surface area contributed by atoms with E-state index in [2.05, 4.69) is 16.9 Å². The van der Waals surface area contributed by atoms with Crippen LogP contribution in [0.1, 0.15) is 19.4 Å². The van der Waals surface area contributed by atoms with E-state index >= 15 is 0 Å². The van der Waals surface area contributed by atoms with Crippen LogP contribution in [0, 0.1) is 0 Å². The molecule has 1 aromatic carbocycles. The number of nitrogens with zero attached hydrogens (tertiary/aromatic N) is 1. The van der Waals surface area contributed by atoms with Crippen LogP contribution < -0.4 is 11.1 Å². The van der Waals surface area contributed by atoms with Crippen molar-refractivity contribution in [3.63, 3.8) is 0 Å². The van der Waals surface area contributed by atoms with Gasteiger partial charge in [0.1, 0.15) is 0 Å². The van der Waals surface area contributed by atoms with Gasteiger partial charge in [0.25, 0.3) is 0 Å². The third kappa shape index (κ3) is 5.43. The zero-order valence-corrected chi connectivity index (χ0v) is 12.4. The topological polar surface area (TPSA) is 50.4 Å². The number of nitrogens with one attached hydrogen (secondary N) is 1. The minimum absolute atomic E-state index is 0.313. The molecule has 1 rings (SSSR count). The summed E-state index contributed by atoms with van der Waals surface area (Å²) in [4.78, 5) is 3.77. The first-order chi connectivity index (χ1) is 8.54. The van der Waals surface area contributed by atoms with Gasteiger partial charge in [0.05, 0.1) is 0 Å². The van der Waals surface area contributed by atoms with Gasteiger partial charge in [0, 0.05) is 29.2 Å². The lowest BCUT2D eigenvalue weighted by Crippen LogP contribution is -2.31. The van der Waals surface area contributed by atoms with E-state index in [1.165, 1.54) is 0 Å². The fourth-order valence-electron chi connectivity index (χ4n) is 1.20. The standard InChI is InChI=1S/C11H13Cl2N3.C2H6/c1-7(16-11(14)15-2)6-8-9(12)4-3-5-10(8)13;1-2/h3-5H,1,6H2,2H3,(H3,14,15,16);1-2H3. The monoisotopic (exact) mass is 287 g/mol. The van der Waals surface area contributed by atoms with Crippen LogP contribution in [0.5, 0.6) is 0 Å². The Hall–Kier alpha value is -1.19. The zero-order valence-electron chi connectivity index (χ0n) is 10.9. The molecule has 0 spiro atoms. The lowest BCUT2D eigenvalue weighted by atomic mass is 10.1. The molecule has 0 aliphatic heterocycles. The van der Waals surface area contributed by atoms with Crippen molar-refractivity contribution < 1.29 is 0 Å². The highest BCUT2D eigenvalue weighted by atomic mass is 35.5. The molecule has 0 amide bonds. The second-order valence-electron chi connectivity index (χ2n) is 3.21. The van der Waals surface area contributed by atoms with E-state index in [1.54, 1.807) is 25.2 Å². The Morgan fingerprint density at radius 1 is 1.33 bits per heavy atom. The highest BCUT2D eigenvalue weighted by molar-refractivity contribution is 6.36. The summed E-state index contributed by atoms with van der Waals surface area (Å²) in [7, 11) is 1.60. The summed E-state index contributed by atoms with van der Waals surface area (Å²) in [5.41, 5.74) is 7.03. The molecule has 0 unspecified atom stereocenters. The molecular weight excluding hydrogens is 269 g/mol. The summed E-state index contributed by atoms with van der Waals surface area (Å²) in [6.07, 6.45) is 0.509. The summed E-state index contributed by atoms with van der Waals surface area (Å²) in [6.45, 7) is 7.83. The Morgan fingerprint density at radius 2 is 1.83 bits per heavy atom. The molecule has 18 heavy (non-hydrogen) atoms. The zero-order chi connectivity index (χ0) is 14.1. The molecule has 1 aromatic rings. The number of benzene rings is 1. The number of rotatable bonds is 3. The van der Waals surface area contributed by atoms with Crippen molar-refractivity contribution in [1.29, 1.82) is 0 Å². The highest BCUT2D eigenvalue weighted by Crippen LogP contribution is 2.25. The number of allylic oxidation sites excluding steroid dienone is 1. The fourth-order valence-corrected chi connectivity index (χ4v) is 1.73.